The van der Waals surface area contributed by atoms with Crippen LogP contribution in [-0.2, 0) is 11.2 Å². The maximum atomic E-state index is 11.7. The number of para-hydroxylation sites is 1. The van der Waals surface area contributed by atoms with E-state index >= 15 is 0 Å². The molecule has 0 aliphatic heterocycles. The van der Waals surface area contributed by atoms with Crippen LogP contribution in [-0.4, -0.2) is 17.4 Å². The molecule has 0 unspecified atom stereocenters. The highest BCUT2D eigenvalue weighted by atomic mass is 16.1. The Morgan fingerprint density at radius 2 is 2.15 bits per heavy atom. The van der Waals surface area contributed by atoms with Crippen LogP contribution in [0.5, 0.6) is 0 Å². The highest BCUT2D eigenvalue weighted by Crippen LogP contribution is 2.31. The first kappa shape index (κ1) is 13.2. The lowest BCUT2D eigenvalue weighted by molar-refractivity contribution is -0.121. The Morgan fingerprint density at radius 1 is 1.30 bits per heavy atom. The predicted molar refractivity (Wildman–Crippen MR) is 81.6 cm³/mol. The molecule has 1 saturated carbocycles. The first-order valence-corrected chi connectivity index (χ1v) is 7.64. The molecular weight excluding hydrogens is 248 g/mol. The van der Waals surface area contributed by atoms with E-state index in [1.54, 1.807) is 0 Å². The third-order valence-electron chi connectivity index (χ3n) is 4.10. The Labute approximate surface area is 119 Å². The number of carbonyl (C=O) groups is 1. The Bertz CT molecular complexity index is 583. The third kappa shape index (κ3) is 3.41. The van der Waals surface area contributed by atoms with E-state index in [1.165, 1.54) is 29.3 Å². The minimum absolute atomic E-state index is 0.200. The van der Waals surface area contributed by atoms with E-state index in [0.29, 0.717) is 6.42 Å². The van der Waals surface area contributed by atoms with Crippen LogP contribution in [0.4, 0.5) is 0 Å². The maximum Gasteiger partial charge on any atom is 0.220 e. The van der Waals surface area contributed by atoms with Gasteiger partial charge in [-0.05, 0) is 36.8 Å². The van der Waals surface area contributed by atoms with Gasteiger partial charge in [0.05, 0.1) is 0 Å². The van der Waals surface area contributed by atoms with Crippen LogP contribution in [0.1, 0.15) is 37.7 Å². The molecule has 0 radical (unpaired) electrons. The summed E-state index contributed by atoms with van der Waals surface area (Å²) in [5.74, 6) is 1.09. The second-order valence-electron chi connectivity index (χ2n) is 5.80. The molecule has 3 heteroatoms. The van der Waals surface area contributed by atoms with Crippen molar-refractivity contribution >= 4 is 16.8 Å². The van der Waals surface area contributed by atoms with Crippen molar-refractivity contribution < 1.29 is 4.79 Å². The van der Waals surface area contributed by atoms with Gasteiger partial charge in [-0.15, -0.1) is 0 Å². The van der Waals surface area contributed by atoms with E-state index in [1.807, 2.05) is 6.07 Å². The third-order valence-corrected chi connectivity index (χ3v) is 4.10. The largest absolute Gasteiger partial charge is 0.361 e. The molecule has 3 rings (SSSR count). The molecule has 2 N–H and O–H groups in total. The number of aromatic nitrogens is 1. The molecule has 1 fully saturated rings. The smallest absolute Gasteiger partial charge is 0.220 e. The van der Waals surface area contributed by atoms with E-state index in [0.717, 1.165) is 31.7 Å². The molecule has 20 heavy (non-hydrogen) atoms. The monoisotopic (exact) mass is 270 g/mol. The number of hydrogen-bond acceptors (Lipinski definition) is 1. The highest BCUT2D eigenvalue weighted by Gasteiger charge is 2.20. The minimum atomic E-state index is 0.200. The van der Waals surface area contributed by atoms with Crippen molar-refractivity contribution in [3.8, 4) is 0 Å². The predicted octanol–water partition coefficient (Wildman–Crippen LogP) is 3.41. The van der Waals surface area contributed by atoms with Crippen LogP contribution in [0.2, 0.25) is 0 Å². The van der Waals surface area contributed by atoms with E-state index in [4.69, 9.17) is 0 Å². The van der Waals surface area contributed by atoms with E-state index in [-0.39, 0.29) is 5.91 Å². The van der Waals surface area contributed by atoms with Gasteiger partial charge in [0, 0.05) is 30.1 Å². The van der Waals surface area contributed by atoms with Gasteiger partial charge in [-0.1, -0.05) is 31.0 Å². The van der Waals surface area contributed by atoms with Crippen molar-refractivity contribution in [3.05, 3.63) is 36.0 Å². The number of aryl methyl sites for hydroxylation is 1. The molecule has 1 heterocycles. The summed E-state index contributed by atoms with van der Waals surface area (Å²) in [6.45, 7) is 0.858. The summed E-state index contributed by atoms with van der Waals surface area (Å²) >= 11 is 0. The number of nitrogens with one attached hydrogen (secondary N) is 2. The van der Waals surface area contributed by atoms with Crippen LogP contribution in [0, 0.1) is 5.92 Å². The summed E-state index contributed by atoms with van der Waals surface area (Å²) in [5, 5.41) is 4.30. The van der Waals surface area contributed by atoms with Gasteiger partial charge >= 0.3 is 0 Å². The Balaban J connectivity index is 1.41. The zero-order chi connectivity index (χ0) is 13.8. The van der Waals surface area contributed by atoms with Crippen LogP contribution in [0.15, 0.2) is 30.5 Å². The summed E-state index contributed by atoms with van der Waals surface area (Å²) in [6, 6.07) is 8.32. The molecule has 3 nitrogen and oxygen atoms in total. The molecule has 1 aliphatic rings. The van der Waals surface area contributed by atoms with Crippen LogP contribution >= 0.6 is 0 Å². The Hall–Kier alpha value is -1.77. The lowest BCUT2D eigenvalue weighted by atomic mass is 10.1. The van der Waals surface area contributed by atoms with Crippen molar-refractivity contribution in [1.29, 1.82) is 0 Å². The molecule has 1 aromatic carbocycles. The van der Waals surface area contributed by atoms with Gasteiger partial charge in [-0.3, -0.25) is 4.79 Å². The summed E-state index contributed by atoms with van der Waals surface area (Å²) in [6.07, 6.45) is 8.44. The normalized spacial score (nSPS) is 14.6. The van der Waals surface area contributed by atoms with Gasteiger partial charge in [-0.2, -0.15) is 0 Å². The summed E-state index contributed by atoms with van der Waals surface area (Å²) in [4.78, 5) is 15.0. The fraction of sp³-hybridized carbons (Fsp3) is 0.471. The zero-order valence-corrected chi connectivity index (χ0v) is 11.8. The molecule has 2 aromatic rings. The molecular formula is C17H22N2O. The molecule has 0 bridgehead atoms. The van der Waals surface area contributed by atoms with Gasteiger partial charge in [-0.25, -0.2) is 0 Å². The lowest BCUT2D eigenvalue weighted by Crippen LogP contribution is -2.24. The van der Waals surface area contributed by atoms with Gasteiger partial charge in [0.25, 0.3) is 0 Å². The fourth-order valence-electron chi connectivity index (χ4n) is 2.69. The van der Waals surface area contributed by atoms with Gasteiger partial charge in [0.15, 0.2) is 0 Å². The number of hydrogen-bond donors (Lipinski definition) is 2. The number of fused-ring (bicyclic) bond motifs is 1. The number of rotatable bonds is 7. The number of benzene rings is 1. The van der Waals surface area contributed by atoms with Gasteiger partial charge in [0.1, 0.15) is 0 Å². The van der Waals surface area contributed by atoms with Crippen LogP contribution in [0.3, 0.4) is 0 Å². The molecule has 1 aromatic heterocycles. The average molecular weight is 270 g/mol. The van der Waals surface area contributed by atoms with Gasteiger partial charge < -0.3 is 10.3 Å². The number of carbonyl (C=O) groups excluding carboxylic acids is 1. The topological polar surface area (TPSA) is 44.9 Å². The molecule has 0 spiro atoms. The van der Waals surface area contributed by atoms with Crippen molar-refractivity contribution in [2.75, 3.05) is 6.54 Å². The molecule has 0 saturated heterocycles. The fourth-order valence-corrected chi connectivity index (χ4v) is 2.69. The van der Waals surface area contributed by atoms with E-state index < -0.39 is 0 Å². The molecule has 1 aliphatic carbocycles. The van der Waals surface area contributed by atoms with Crippen molar-refractivity contribution in [2.45, 2.75) is 38.5 Å². The Kier molecular flexibility index (Phi) is 4.05. The summed E-state index contributed by atoms with van der Waals surface area (Å²) in [5.41, 5.74) is 2.49. The number of aromatic amines is 1. The summed E-state index contributed by atoms with van der Waals surface area (Å²) < 4.78 is 0. The first-order valence-electron chi connectivity index (χ1n) is 7.64. The molecule has 0 atom stereocenters. The van der Waals surface area contributed by atoms with Crippen molar-refractivity contribution in [3.63, 3.8) is 0 Å². The number of H-pyrrole nitrogens is 1. The SMILES string of the molecule is O=C(CCCc1c[nH]c2ccccc12)NCCC1CC1. The lowest BCUT2D eigenvalue weighted by Gasteiger charge is -2.04. The second-order valence-corrected chi connectivity index (χ2v) is 5.80. The zero-order valence-electron chi connectivity index (χ0n) is 11.8. The molecule has 1 amide bonds. The summed E-state index contributed by atoms with van der Waals surface area (Å²) in [7, 11) is 0. The maximum absolute atomic E-state index is 11.7. The molecule has 106 valence electrons. The minimum Gasteiger partial charge on any atom is -0.361 e. The average Bonchev–Trinajstić information content (AvgIpc) is 3.19. The van der Waals surface area contributed by atoms with Crippen LogP contribution in [0.25, 0.3) is 10.9 Å². The van der Waals surface area contributed by atoms with Gasteiger partial charge in [0.2, 0.25) is 5.91 Å². The number of amides is 1. The highest BCUT2D eigenvalue weighted by molar-refractivity contribution is 5.83. The van der Waals surface area contributed by atoms with E-state index in [9.17, 15) is 4.79 Å². The van der Waals surface area contributed by atoms with E-state index in [2.05, 4.69) is 34.7 Å². The standard InChI is InChI=1S/C17H22N2O/c20-17(18-11-10-13-8-9-13)7-3-4-14-12-19-16-6-2-1-5-15(14)16/h1-2,5-6,12-13,19H,3-4,7-11H2,(H,18,20). The second kappa shape index (κ2) is 6.12. The quantitative estimate of drug-likeness (QED) is 0.795. The van der Waals surface area contributed by atoms with Crippen molar-refractivity contribution in [2.24, 2.45) is 5.92 Å². The van der Waals surface area contributed by atoms with Crippen molar-refractivity contribution in [1.82, 2.24) is 10.3 Å². The Morgan fingerprint density at radius 3 is 3.00 bits per heavy atom. The first-order chi connectivity index (χ1) is 9.83. The van der Waals surface area contributed by atoms with Crippen LogP contribution < -0.4 is 5.32 Å².